The summed E-state index contributed by atoms with van der Waals surface area (Å²) in [4.78, 5) is 26.6. The molecule has 0 radical (unpaired) electrons. The number of carbonyl (C=O) groups excluding carboxylic acids is 1. The van der Waals surface area contributed by atoms with Crippen molar-refractivity contribution in [2.24, 2.45) is 0 Å². The first-order valence-corrected chi connectivity index (χ1v) is 5.35. The van der Waals surface area contributed by atoms with Gasteiger partial charge < -0.3 is 9.73 Å². The molecule has 94 valence electrons. The summed E-state index contributed by atoms with van der Waals surface area (Å²) >= 11 is 0. The van der Waals surface area contributed by atoms with Gasteiger partial charge in [0.2, 0.25) is 5.89 Å². The van der Waals surface area contributed by atoms with Crippen molar-refractivity contribution in [2.45, 2.75) is 19.9 Å². The van der Waals surface area contributed by atoms with Crippen molar-refractivity contribution in [3.63, 3.8) is 0 Å². The number of oxazole rings is 1. The fourth-order valence-electron chi connectivity index (χ4n) is 1.38. The molecule has 0 saturated carbocycles. The Hall–Kier alpha value is -2.44. The fraction of sp³-hybridized carbons (Fsp3) is 0.273. The van der Waals surface area contributed by atoms with E-state index in [1.54, 1.807) is 20.0 Å². The Morgan fingerprint density at radius 1 is 1.50 bits per heavy atom. The molecule has 2 rings (SSSR count). The number of carbonyl (C=O) groups is 1. The van der Waals surface area contributed by atoms with Crippen LogP contribution in [0, 0.1) is 6.92 Å². The molecule has 0 bridgehead atoms. The van der Waals surface area contributed by atoms with Gasteiger partial charge in [0.25, 0.3) is 11.5 Å². The van der Waals surface area contributed by atoms with Gasteiger partial charge in [-0.2, -0.15) is 5.10 Å². The van der Waals surface area contributed by atoms with E-state index in [-0.39, 0.29) is 17.3 Å². The Morgan fingerprint density at radius 3 is 2.83 bits per heavy atom. The van der Waals surface area contributed by atoms with Gasteiger partial charge in [-0.1, -0.05) is 0 Å². The molecule has 0 aliphatic heterocycles. The number of aromatic nitrogens is 3. The molecule has 2 N–H and O–H groups in total. The van der Waals surface area contributed by atoms with Gasteiger partial charge in [-0.05, 0) is 19.9 Å². The number of hydrogen-bond acceptors (Lipinski definition) is 5. The maximum absolute atomic E-state index is 11.8. The quantitative estimate of drug-likeness (QED) is 0.826. The first-order valence-electron chi connectivity index (χ1n) is 5.35. The van der Waals surface area contributed by atoms with E-state index in [9.17, 15) is 9.59 Å². The van der Waals surface area contributed by atoms with Crippen molar-refractivity contribution in [1.82, 2.24) is 20.5 Å². The molecule has 0 aliphatic carbocycles. The second-order valence-electron chi connectivity index (χ2n) is 3.81. The monoisotopic (exact) mass is 248 g/mol. The second kappa shape index (κ2) is 4.82. The van der Waals surface area contributed by atoms with Gasteiger partial charge >= 0.3 is 0 Å². The number of nitrogens with one attached hydrogen (secondary N) is 2. The third-order valence-electron chi connectivity index (χ3n) is 2.27. The maximum atomic E-state index is 11.8. The van der Waals surface area contributed by atoms with Crippen LogP contribution in [0.5, 0.6) is 0 Å². The van der Waals surface area contributed by atoms with Crippen LogP contribution in [0.2, 0.25) is 0 Å². The zero-order valence-corrected chi connectivity index (χ0v) is 9.93. The van der Waals surface area contributed by atoms with Crippen LogP contribution in [-0.4, -0.2) is 21.1 Å². The number of hydrogen-bond donors (Lipinski definition) is 2. The normalized spacial score (nSPS) is 12.1. The molecule has 7 heteroatoms. The van der Waals surface area contributed by atoms with Gasteiger partial charge in [0.05, 0.1) is 6.20 Å². The van der Waals surface area contributed by atoms with Crippen LogP contribution in [0.1, 0.15) is 35.1 Å². The van der Waals surface area contributed by atoms with E-state index in [1.807, 2.05) is 0 Å². The van der Waals surface area contributed by atoms with Gasteiger partial charge in [0.1, 0.15) is 17.5 Å². The lowest BCUT2D eigenvalue weighted by Crippen LogP contribution is -2.28. The SMILES string of the molecule is Cc1cnc(C(C)NC(=O)c2ccc(=O)[nH]n2)o1. The van der Waals surface area contributed by atoms with E-state index in [0.29, 0.717) is 11.7 Å². The predicted molar refractivity (Wildman–Crippen MR) is 62.0 cm³/mol. The van der Waals surface area contributed by atoms with Crippen LogP contribution >= 0.6 is 0 Å². The largest absolute Gasteiger partial charge is 0.444 e. The Labute approximate surface area is 102 Å². The summed E-state index contributed by atoms with van der Waals surface area (Å²) in [6.07, 6.45) is 1.58. The Morgan fingerprint density at radius 2 is 2.28 bits per heavy atom. The topological polar surface area (TPSA) is 101 Å². The molecule has 2 aromatic rings. The van der Waals surface area contributed by atoms with E-state index < -0.39 is 5.91 Å². The summed E-state index contributed by atoms with van der Waals surface area (Å²) in [5, 5.41) is 8.49. The number of amides is 1. The molecule has 2 heterocycles. The minimum absolute atomic E-state index is 0.129. The molecule has 0 aromatic carbocycles. The molecular weight excluding hydrogens is 236 g/mol. The van der Waals surface area contributed by atoms with E-state index in [4.69, 9.17) is 4.42 Å². The van der Waals surface area contributed by atoms with Crippen LogP contribution < -0.4 is 10.9 Å². The molecule has 0 saturated heterocycles. The van der Waals surface area contributed by atoms with Crippen LogP contribution in [0.4, 0.5) is 0 Å². The van der Waals surface area contributed by atoms with Crippen LogP contribution in [-0.2, 0) is 0 Å². The highest BCUT2D eigenvalue weighted by atomic mass is 16.4. The lowest BCUT2D eigenvalue weighted by Gasteiger charge is -2.09. The van der Waals surface area contributed by atoms with Crippen molar-refractivity contribution >= 4 is 5.91 Å². The third kappa shape index (κ3) is 2.62. The van der Waals surface area contributed by atoms with Gasteiger partial charge in [-0.3, -0.25) is 9.59 Å². The lowest BCUT2D eigenvalue weighted by molar-refractivity contribution is 0.0927. The van der Waals surface area contributed by atoms with E-state index in [0.717, 1.165) is 0 Å². The fourth-order valence-corrected chi connectivity index (χ4v) is 1.38. The minimum Gasteiger partial charge on any atom is -0.444 e. The van der Waals surface area contributed by atoms with Crippen molar-refractivity contribution in [3.05, 3.63) is 46.0 Å². The van der Waals surface area contributed by atoms with Crippen LogP contribution in [0.3, 0.4) is 0 Å². The summed E-state index contributed by atoms with van der Waals surface area (Å²) in [7, 11) is 0. The molecule has 1 amide bonds. The van der Waals surface area contributed by atoms with Crippen LogP contribution in [0.25, 0.3) is 0 Å². The van der Waals surface area contributed by atoms with Gasteiger partial charge in [0, 0.05) is 6.07 Å². The second-order valence-corrected chi connectivity index (χ2v) is 3.81. The zero-order valence-electron chi connectivity index (χ0n) is 9.93. The van der Waals surface area contributed by atoms with Crippen molar-refractivity contribution in [2.75, 3.05) is 0 Å². The first kappa shape index (κ1) is 12.0. The standard InChI is InChI=1S/C11H12N4O3/c1-6-5-12-11(18-6)7(2)13-10(17)8-3-4-9(16)15-14-8/h3-5,7H,1-2H3,(H,13,17)(H,15,16). The highest BCUT2D eigenvalue weighted by Gasteiger charge is 2.16. The zero-order chi connectivity index (χ0) is 13.1. The van der Waals surface area contributed by atoms with E-state index in [2.05, 4.69) is 20.5 Å². The Bertz CT molecular complexity index is 596. The molecule has 1 atom stereocenters. The van der Waals surface area contributed by atoms with E-state index in [1.165, 1.54) is 12.1 Å². The Balaban J connectivity index is 2.07. The number of aryl methyl sites for hydroxylation is 1. The number of aromatic amines is 1. The highest BCUT2D eigenvalue weighted by Crippen LogP contribution is 2.12. The average molecular weight is 248 g/mol. The molecule has 1 unspecified atom stereocenters. The van der Waals surface area contributed by atoms with Gasteiger partial charge in [-0.15, -0.1) is 0 Å². The molecule has 2 aromatic heterocycles. The summed E-state index contributed by atoms with van der Waals surface area (Å²) < 4.78 is 5.30. The minimum atomic E-state index is -0.408. The van der Waals surface area contributed by atoms with Crippen molar-refractivity contribution in [3.8, 4) is 0 Å². The number of nitrogens with zero attached hydrogens (tertiary/aromatic N) is 2. The molecule has 0 aliphatic rings. The lowest BCUT2D eigenvalue weighted by atomic mass is 10.3. The Kier molecular flexibility index (Phi) is 3.22. The van der Waals surface area contributed by atoms with Crippen molar-refractivity contribution in [1.29, 1.82) is 0 Å². The molecule has 18 heavy (non-hydrogen) atoms. The number of H-pyrrole nitrogens is 1. The molecular formula is C11H12N4O3. The van der Waals surface area contributed by atoms with E-state index >= 15 is 0 Å². The molecule has 7 nitrogen and oxygen atoms in total. The first-order chi connectivity index (χ1) is 8.56. The molecule has 0 spiro atoms. The van der Waals surface area contributed by atoms with Crippen molar-refractivity contribution < 1.29 is 9.21 Å². The van der Waals surface area contributed by atoms with Gasteiger partial charge in [0.15, 0.2) is 0 Å². The third-order valence-corrected chi connectivity index (χ3v) is 2.27. The summed E-state index contributed by atoms with van der Waals surface area (Å²) in [6.45, 7) is 3.52. The van der Waals surface area contributed by atoms with Crippen LogP contribution in [0.15, 0.2) is 27.5 Å². The smallest absolute Gasteiger partial charge is 0.272 e. The number of rotatable bonds is 3. The predicted octanol–water partition coefficient (Wildman–Crippen LogP) is 0.557. The van der Waals surface area contributed by atoms with Gasteiger partial charge in [-0.25, -0.2) is 10.1 Å². The summed E-state index contributed by atoms with van der Waals surface area (Å²) in [6, 6.07) is 2.21. The molecule has 0 fully saturated rings. The summed E-state index contributed by atoms with van der Waals surface area (Å²) in [5.41, 5.74) is -0.229. The summed E-state index contributed by atoms with van der Waals surface area (Å²) in [5.74, 6) is 0.688. The maximum Gasteiger partial charge on any atom is 0.272 e. The highest BCUT2D eigenvalue weighted by molar-refractivity contribution is 5.92. The average Bonchev–Trinajstić information content (AvgIpc) is 2.76.